The van der Waals surface area contributed by atoms with Crippen LogP contribution in [-0.2, 0) is 0 Å². The highest BCUT2D eigenvalue weighted by Crippen LogP contribution is 2.35. The number of rotatable bonds is 7. The normalized spacial score (nSPS) is 12.3. The Balaban J connectivity index is 1.89. The van der Waals surface area contributed by atoms with Crippen LogP contribution >= 0.6 is 0 Å². The molecule has 162 valence electrons. The van der Waals surface area contributed by atoms with E-state index in [1.807, 2.05) is 12.1 Å². The van der Waals surface area contributed by atoms with Crippen molar-refractivity contribution in [2.24, 2.45) is 5.92 Å². The molecule has 3 nitrogen and oxygen atoms in total. The minimum atomic E-state index is -0.920. The van der Waals surface area contributed by atoms with Gasteiger partial charge in [-0.3, -0.25) is 0 Å². The maximum absolute atomic E-state index is 11.2. The van der Waals surface area contributed by atoms with Crippen molar-refractivity contribution < 1.29 is 14.6 Å². The molecule has 0 heterocycles. The zero-order chi connectivity index (χ0) is 22.7. The highest BCUT2D eigenvalue weighted by molar-refractivity contribution is 5.87. The lowest BCUT2D eigenvalue weighted by molar-refractivity contribution is 0.0696. The first-order valence-corrected chi connectivity index (χ1v) is 10.9. The lowest BCUT2D eigenvalue weighted by Gasteiger charge is -2.24. The molecule has 0 aliphatic rings. The van der Waals surface area contributed by atoms with Gasteiger partial charge in [0.25, 0.3) is 0 Å². The number of benzene rings is 3. The molecule has 0 aliphatic carbocycles. The van der Waals surface area contributed by atoms with Crippen molar-refractivity contribution >= 4 is 5.97 Å². The average Bonchev–Trinajstić information content (AvgIpc) is 2.72. The summed E-state index contributed by atoms with van der Waals surface area (Å²) in [7, 11) is 0. The predicted octanol–water partition coefficient (Wildman–Crippen LogP) is 7.57. The van der Waals surface area contributed by atoms with E-state index in [0.29, 0.717) is 5.92 Å². The molecule has 3 aromatic carbocycles. The summed E-state index contributed by atoms with van der Waals surface area (Å²) < 4.78 is 6.42. The second-order valence-corrected chi connectivity index (χ2v) is 8.92. The van der Waals surface area contributed by atoms with Crippen molar-refractivity contribution in [1.82, 2.24) is 0 Å². The minimum Gasteiger partial charge on any atom is -0.485 e. The largest absolute Gasteiger partial charge is 0.485 e. The van der Waals surface area contributed by atoms with Crippen LogP contribution in [-0.4, -0.2) is 11.1 Å². The van der Waals surface area contributed by atoms with E-state index in [4.69, 9.17) is 9.84 Å². The van der Waals surface area contributed by atoms with Gasteiger partial charge in [-0.15, -0.1) is 0 Å². The number of ether oxygens (including phenoxy) is 1. The maximum Gasteiger partial charge on any atom is 0.335 e. The Morgan fingerprint density at radius 1 is 0.806 bits per heavy atom. The highest BCUT2D eigenvalue weighted by atomic mass is 16.5. The molecule has 0 aliphatic heterocycles. The summed E-state index contributed by atoms with van der Waals surface area (Å²) >= 11 is 0. The fraction of sp³-hybridized carbons (Fsp3) is 0.321. The molecule has 31 heavy (non-hydrogen) atoms. The van der Waals surface area contributed by atoms with Gasteiger partial charge in [0, 0.05) is 0 Å². The minimum absolute atomic E-state index is 0.155. The fourth-order valence-corrected chi connectivity index (χ4v) is 4.03. The molecular weight excluding hydrogens is 384 g/mol. The Bertz CT molecular complexity index is 1020. The molecule has 0 saturated heterocycles. The number of carboxylic acids is 1. The van der Waals surface area contributed by atoms with Crippen molar-refractivity contribution in [2.75, 3.05) is 0 Å². The molecule has 0 radical (unpaired) electrons. The van der Waals surface area contributed by atoms with Gasteiger partial charge in [0.1, 0.15) is 11.9 Å². The first kappa shape index (κ1) is 22.6. The number of hydrogen-bond donors (Lipinski definition) is 1. The summed E-state index contributed by atoms with van der Waals surface area (Å²) in [5.74, 6) is 0.666. The Morgan fingerprint density at radius 3 is 1.77 bits per heavy atom. The second-order valence-electron chi connectivity index (χ2n) is 8.92. The van der Waals surface area contributed by atoms with E-state index in [-0.39, 0.29) is 17.6 Å². The third-order valence-corrected chi connectivity index (χ3v) is 5.73. The molecular formula is C28H32O3. The van der Waals surface area contributed by atoms with Crippen LogP contribution < -0.4 is 4.74 Å². The van der Waals surface area contributed by atoms with E-state index >= 15 is 0 Å². The van der Waals surface area contributed by atoms with Gasteiger partial charge in [-0.1, -0.05) is 64.1 Å². The lowest BCUT2D eigenvalue weighted by atomic mass is 9.93. The van der Waals surface area contributed by atoms with E-state index in [1.54, 1.807) is 12.1 Å². The SMILES string of the molecule is Cc1cc(OC(c2ccc(C(=O)O)cc2)C(C)C)cc(C)c1-c1ccc(C(C)C)cc1. The molecule has 0 saturated carbocycles. The molecule has 0 amide bonds. The number of carbonyl (C=O) groups is 1. The first-order valence-electron chi connectivity index (χ1n) is 10.9. The summed E-state index contributed by atoms with van der Waals surface area (Å²) in [5.41, 5.74) is 7.42. The third kappa shape index (κ3) is 5.16. The van der Waals surface area contributed by atoms with Crippen LogP contribution in [0.5, 0.6) is 5.75 Å². The second kappa shape index (κ2) is 9.38. The van der Waals surface area contributed by atoms with Crippen LogP contribution in [0.2, 0.25) is 0 Å². The number of hydrogen-bond acceptors (Lipinski definition) is 2. The Morgan fingerprint density at radius 2 is 1.32 bits per heavy atom. The van der Waals surface area contributed by atoms with Gasteiger partial charge >= 0.3 is 5.97 Å². The summed E-state index contributed by atoms with van der Waals surface area (Å²) in [4.78, 5) is 11.2. The Hall–Kier alpha value is -3.07. The molecule has 0 spiro atoms. The van der Waals surface area contributed by atoms with Crippen LogP contribution in [0.1, 0.15) is 72.3 Å². The van der Waals surface area contributed by atoms with Gasteiger partial charge in [-0.05, 0) is 83.3 Å². The standard InChI is InChI=1S/C28H32O3/c1-17(2)21-7-9-22(10-8-21)26-19(5)15-25(16-20(26)6)31-27(18(3)4)23-11-13-24(14-12-23)28(29)30/h7-18,27H,1-6H3,(H,29,30). The summed E-state index contributed by atoms with van der Waals surface area (Å²) in [6.07, 6.45) is -0.155. The monoisotopic (exact) mass is 416 g/mol. The van der Waals surface area contributed by atoms with E-state index < -0.39 is 5.97 Å². The Labute approximate surface area is 185 Å². The van der Waals surface area contributed by atoms with Gasteiger partial charge in [-0.25, -0.2) is 4.79 Å². The van der Waals surface area contributed by atoms with E-state index in [9.17, 15) is 4.79 Å². The third-order valence-electron chi connectivity index (χ3n) is 5.73. The zero-order valence-electron chi connectivity index (χ0n) is 19.3. The topological polar surface area (TPSA) is 46.5 Å². The summed E-state index contributed by atoms with van der Waals surface area (Å²) in [5, 5.41) is 9.15. The number of aromatic carboxylic acids is 1. The van der Waals surface area contributed by atoms with Crippen molar-refractivity contribution in [1.29, 1.82) is 0 Å². The van der Waals surface area contributed by atoms with Gasteiger partial charge in [0.2, 0.25) is 0 Å². The Kier molecular flexibility index (Phi) is 6.84. The van der Waals surface area contributed by atoms with Gasteiger partial charge < -0.3 is 9.84 Å². The molecule has 3 heteroatoms. The molecule has 3 rings (SSSR count). The smallest absolute Gasteiger partial charge is 0.335 e. The van der Waals surface area contributed by atoms with Gasteiger partial charge in [0.05, 0.1) is 5.56 Å². The van der Waals surface area contributed by atoms with Crippen molar-refractivity contribution in [3.8, 4) is 16.9 Å². The van der Waals surface area contributed by atoms with Crippen LogP contribution in [0.25, 0.3) is 11.1 Å². The zero-order valence-corrected chi connectivity index (χ0v) is 19.3. The lowest BCUT2D eigenvalue weighted by Crippen LogP contribution is -2.14. The molecule has 0 fully saturated rings. The van der Waals surface area contributed by atoms with E-state index in [2.05, 4.69) is 77.9 Å². The molecule has 0 bridgehead atoms. The number of carboxylic acid groups (broad SMARTS) is 1. The van der Waals surface area contributed by atoms with Crippen molar-refractivity contribution in [3.63, 3.8) is 0 Å². The predicted molar refractivity (Wildman–Crippen MR) is 127 cm³/mol. The molecule has 3 aromatic rings. The van der Waals surface area contributed by atoms with Gasteiger partial charge in [-0.2, -0.15) is 0 Å². The van der Waals surface area contributed by atoms with Gasteiger partial charge in [0.15, 0.2) is 0 Å². The molecule has 1 N–H and O–H groups in total. The number of aryl methyl sites for hydroxylation is 2. The first-order chi connectivity index (χ1) is 14.7. The molecule has 1 unspecified atom stereocenters. The molecule has 0 aromatic heterocycles. The summed E-state index contributed by atoms with van der Waals surface area (Å²) in [6.45, 7) is 12.9. The quantitative estimate of drug-likeness (QED) is 0.432. The maximum atomic E-state index is 11.2. The van der Waals surface area contributed by atoms with Crippen LogP contribution in [0.4, 0.5) is 0 Å². The van der Waals surface area contributed by atoms with Crippen LogP contribution in [0.15, 0.2) is 60.7 Å². The average molecular weight is 417 g/mol. The van der Waals surface area contributed by atoms with Crippen LogP contribution in [0.3, 0.4) is 0 Å². The van der Waals surface area contributed by atoms with E-state index in [1.165, 1.54) is 27.8 Å². The molecule has 1 atom stereocenters. The van der Waals surface area contributed by atoms with Crippen molar-refractivity contribution in [3.05, 3.63) is 88.5 Å². The van der Waals surface area contributed by atoms with Crippen molar-refractivity contribution in [2.45, 2.75) is 53.6 Å². The van der Waals surface area contributed by atoms with Crippen LogP contribution in [0, 0.1) is 19.8 Å². The van der Waals surface area contributed by atoms with E-state index in [0.717, 1.165) is 11.3 Å². The summed E-state index contributed by atoms with van der Waals surface area (Å²) in [6, 6.07) is 20.0. The highest BCUT2D eigenvalue weighted by Gasteiger charge is 2.19. The fourth-order valence-electron chi connectivity index (χ4n) is 4.03.